The minimum absolute atomic E-state index is 0.0108. The van der Waals surface area contributed by atoms with E-state index in [2.05, 4.69) is 0 Å². The van der Waals surface area contributed by atoms with Gasteiger partial charge in [0.1, 0.15) is 0 Å². The van der Waals surface area contributed by atoms with Gasteiger partial charge < -0.3 is 4.74 Å². The fraction of sp³-hybridized carbons (Fsp3) is 1.00. The topological polar surface area (TPSA) is 9.23 Å². The van der Waals surface area contributed by atoms with E-state index < -0.39 is 0 Å². The summed E-state index contributed by atoms with van der Waals surface area (Å²) in [5.41, 5.74) is 0. The van der Waals surface area contributed by atoms with E-state index >= 15 is 0 Å². The standard InChI is InChI=1S/C6H10Cl2O/c1-9-5-3-2-4(7)6(5)8/h4-6H,2-3H2,1H3. The van der Waals surface area contributed by atoms with Gasteiger partial charge in [0.2, 0.25) is 0 Å². The van der Waals surface area contributed by atoms with E-state index in [0.29, 0.717) is 0 Å². The second kappa shape index (κ2) is 3.09. The summed E-state index contributed by atoms with van der Waals surface area (Å²) in [5.74, 6) is 0. The third-order valence-electron chi connectivity index (χ3n) is 1.73. The second-order valence-corrected chi connectivity index (χ2v) is 3.38. The quantitative estimate of drug-likeness (QED) is 0.545. The van der Waals surface area contributed by atoms with Gasteiger partial charge in [0.15, 0.2) is 0 Å². The first-order valence-electron chi connectivity index (χ1n) is 3.06. The number of rotatable bonds is 1. The summed E-state index contributed by atoms with van der Waals surface area (Å²) in [6.45, 7) is 0. The predicted octanol–water partition coefficient (Wildman–Crippen LogP) is 2.01. The lowest BCUT2D eigenvalue weighted by molar-refractivity contribution is 0.112. The van der Waals surface area contributed by atoms with Crippen molar-refractivity contribution in [3.63, 3.8) is 0 Å². The van der Waals surface area contributed by atoms with Gasteiger partial charge in [-0.25, -0.2) is 0 Å². The molecule has 0 aromatic heterocycles. The van der Waals surface area contributed by atoms with E-state index in [1.54, 1.807) is 7.11 Å². The molecule has 0 amide bonds. The third kappa shape index (κ3) is 1.51. The molecule has 0 aliphatic heterocycles. The highest BCUT2D eigenvalue weighted by Crippen LogP contribution is 2.30. The van der Waals surface area contributed by atoms with Crippen LogP contribution in [-0.2, 0) is 4.74 Å². The van der Waals surface area contributed by atoms with Crippen molar-refractivity contribution in [3.05, 3.63) is 0 Å². The molecule has 1 aliphatic rings. The minimum Gasteiger partial charge on any atom is -0.380 e. The molecule has 1 rings (SSSR count). The van der Waals surface area contributed by atoms with Gasteiger partial charge in [-0.3, -0.25) is 0 Å². The molecule has 0 N–H and O–H groups in total. The molecular weight excluding hydrogens is 159 g/mol. The maximum atomic E-state index is 5.87. The van der Waals surface area contributed by atoms with Gasteiger partial charge in [0.25, 0.3) is 0 Å². The van der Waals surface area contributed by atoms with Gasteiger partial charge in [0.05, 0.1) is 16.9 Å². The molecule has 0 aromatic carbocycles. The Balaban J connectivity index is 2.41. The number of ether oxygens (including phenoxy) is 1. The normalized spacial score (nSPS) is 43.7. The van der Waals surface area contributed by atoms with Crippen molar-refractivity contribution >= 4 is 23.2 Å². The lowest BCUT2D eigenvalue weighted by Gasteiger charge is -2.11. The predicted molar refractivity (Wildman–Crippen MR) is 39.3 cm³/mol. The van der Waals surface area contributed by atoms with Crippen LogP contribution < -0.4 is 0 Å². The van der Waals surface area contributed by atoms with Crippen molar-refractivity contribution in [3.8, 4) is 0 Å². The van der Waals surface area contributed by atoms with Crippen LogP contribution in [0, 0.1) is 0 Å². The lowest BCUT2D eigenvalue weighted by atomic mass is 10.3. The molecule has 9 heavy (non-hydrogen) atoms. The molecule has 0 aromatic rings. The summed E-state index contributed by atoms with van der Waals surface area (Å²) >= 11 is 11.7. The first-order chi connectivity index (χ1) is 4.25. The first-order valence-corrected chi connectivity index (χ1v) is 3.94. The van der Waals surface area contributed by atoms with Crippen LogP contribution in [0.15, 0.2) is 0 Å². The molecule has 0 bridgehead atoms. The van der Waals surface area contributed by atoms with Gasteiger partial charge in [-0.1, -0.05) is 0 Å². The fourth-order valence-electron chi connectivity index (χ4n) is 1.12. The molecule has 1 saturated carbocycles. The van der Waals surface area contributed by atoms with E-state index in [0.717, 1.165) is 12.8 Å². The number of methoxy groups -OCH3 is 1. The van der Waals surface area contributed by atoms with Gasteiger partial charge in [0, 0.05) is 7.11 Å². The molecule has 0 radical (unpaired) electrons. The summed E-state index contributed by atoms with van der Waals surface area (Å²) < 4.78 is 5.08. The Morgan fingerprint density at radius 3 is 2.22 bits per heavy atom. The largest absolute Gasteiger partial charge is 0.380 e. The van der Waals surface area contributed by atoms with Gasteiger partial charge in [-0.15, -0.1) is 23.2 Å². The molecule has 1 fully saturated rings. The average Bonchev–Trinajstić information content (AvgIpc) is 2.15. The SMILES string of the molecule is COC1CCC(Cl)C1Cl. The number of alkyl halides is 2. The van der Waals surface area contributed by atoms with Crippen LogP contribution >= 0.6 is 23.2 Å². The number of hydrogen-bond acceptors (Lipinski definition) is 1. The van der Waals surface area contributed by atoms with E-state index in [1.165, 1.54) is 0 Å². The van der Waals surface area contributed by atoms with Crippen molar-refractivity contribution in [2.24, 2.45) is 0 Å². The zero-order valence-corrected chi connectivity index (χ0v) is 6.82. The van der Waals surface area contributed by atoms with Crippen molar-refractivity contribution in [2.45, 2.75) is 29.7 Å². The van der Waals surface area contributed by atoms with Gasteiger partial charge in [-0.05, 0) is 12.8 Å². The maximum Gasteiger partial charge on any atom is 0.0761 e. The summed E-state index contributed by atoms with van der Waals surface area (Å²) in [6.07, 6.45) is 2.15. The van der Waals surface area contributed by atoms with Crippen LogP contribution in [0.5, 0.6) is 0 Å². The summed E-state index contributed by atoms with van der Waals surface area (Å²) in [6, 6.07) is 0. The van der Waals surface area contributed by atoms with Crippen LogP contribution in [0.3, 0.4) is 0 Å². The molecule has 3 atom stereocenters. The molecule has 0 saturated heterocycles. The molecule has 1 aliphatic carbocycles. The van der Waals surface area contributed by atoms with E-state index in [9.17, 15) is 0 Å². The zero-order chi connectivity index (χ0) is 6.85. The molecule has 0 heterocycles. The Morgan fingerprint density at radius 1 is 1.33 bits per heavy atom. The maximum absolute atomic E-state index is 5.87. The molecule has 3 unspecified atom stereocenters. The third-order valence-corrected chi connectivity index (χ3v) is 2.93. The first kappa shape index (κ1) is 7.64. The fourth-order valence-corrected chi connectivity index (χ4v) is 1.77. The van der Waals surface area contributed by atoms with Crippen LogP contribution in [0.2, 0.25) is 0 Å². The summed E-state index contributed by atoms with van der Waals surface area (Å²) in [7, 11) is 1.68. The van der Waals surface area contributed by atoms with Gasteiger partial charge in [-0.2, -0.15) is 0 Å². The number of hydrogen-bond donors (Lipinski definition) is 0. The van der Waals surface area contributed by atoms with Crippen LogP contribution in [0.4, 0.5) is 0 Å². The molecule has 3 heteroatoms. The van der Waals surface area contributed by atoms with E-state index in [-0.39, 0.29) is 16.9 Å². The molecule has 0 spiro atoms. The van der Waals surface area contributed by atoms with E-state index in [1.807, 2.05) is 0 Å². The smallest absolute Gasteiger partial charge is 0.0761 e. The average molecular weight is 169 g/mol. The Bertz CT molecular complexity index is 97.1. The Hall–Kier alpha value is 0.540. The monoisotopic (exact) mass is 168 g/mol. The van der Waals surface area contributed by atoms with Crippen molar-refractivity contribution in [1.82, 2.24) is 0 Å². The van der Waals surface area contributed by atoms with Crippen LogP contribution in [-0.4, -0.2) is 24.0 Å². The lowest BCUT2D eigenvalue weighted by Crippen LogP contribution is -2.21. The Morgan fingerprint density at radius 2 is 2.00 bits per heavy atom. The Kier molecular flexibility index (Phi) is 2.62. The van der Waals surface area contributed by atoms with Crippen LogP contribution in [0.1, 0.15) is 12.8 Å². The molecular formula is C6H10Cl2O. The van der Waals surface area contributed by atoms with Crippen molar-refractivity contribution < 1.29 is 4.74 Å². The number of halogens is 2. The van der Waals surface area contributed by atoms with Crippen LogP contribution in [0.25, 0.3) is 0 Å². The summed E-state index contributed by atoms with van der Waals surface area (Å²) in [5, 5.41) is 0.119. The Labute approximate surface area is 65.3 Å². The second-order valence-electron chi connectivity index (χ2n) is 2.31. The van der Waals surface area contributed by atoms with E-state index in [4.69, 9.17) is 27.9 Å². The van der Waals surface area contributed by atoms with Gasteiger partial charge >= 0.3 is 0 Å². The molecule has 1 nitrogen and oxygen atoms in total. The van der Waals surface area contributed by atoms with Crippen molar-refractivity contribution in [2.75, 3.05) is 7.11 Å². The minimum atomic E-state index is 0.0108. The summed E-state index contributed by atoms with van der Waals surface area (Å²) in [4.78, 5) is 0. The zero-order valence-electron chi connectivity index (χ0n) is 5.31. The highest BCUT2D eigenvalue weighted by atomic mass is 35.5. The van der Waals surface area contributed by atoms with Crippen molar-refractivity contribution in [1.29, 1.82) is 0 Å². The highest BCUT2D eigenvalue weighted by Gasteiger charge is 2.33. The highest BCUT2D eigenvalue weighted by molar-refractivity contribution is 6.30. The molecule has 54 valence electrons.